The Morgan fingerprint density at radius 1 is 1.07 bits per heavy atom. The lowest BCUT2D eigenvalue weighted by molar-refractivity contribution is 0.103. The highest BCUT2D eigenvalue weighted by molar-refractivity contribution is 7.90. The van der Waals surface area contributed by atoms with Gasteiger partial charge in [-0.3, -0.25) is 0 Å². The third kappa shape index (κ3) is 8.06. The van der Waals surface area contributed by atoms with Crippen molar-refractivity contribution in [2.45, 2.75) is 39.7 Å². The number of aromatic nitrogens is 3. The van der Waals surface area contributed by atoms with Gasteiger partial charge in [-0.25, -0.2) is 18.4 Å². The van der Waals surface area contributed by atoms with Gasteiger partial charge in [-0.2, -0.15) is 4.98 Å². The number of anilines is 3. The van der Waals surface area contributed by atoms with Crippen LogP contribution in [0.5, 0.6) is 11.5 Å². The molecule has 4 aromatic rings. The van der Waals surface area contributed by atoms with Gasteiger partial charge in [0.05, 0.1) is 12.9 Å². The molecule has 0 amide bonds. The Morgan fingerprint density at radius 2 is 1.86 bits per heavy atom. The van der Waals surface area contributed by atoms with Crippen LogP contribution >= 0.6 is 0 Å². The highest BCUT2D eigenvalue weighted by Crippen LogP contribution is 2.36. The molecule has 2 aromatic carbocycles. The number of hydrogen-bond donors (Lipinski definition) is 2. The maximum atomic E-state index is 11.5. The molecule has 2 aromatic heterocycles. The van der Waals surface area contributed by atoms with Crippen molar-refractivity contribution in [3.05, 3.63) is 59.8 Å². The highest BCUT2D eigenvalue weighted by Gasteiger charge is 2.22. The molecule has 234 valence electrons. The Hall–Kier alpha value is -4.16. The minimum absolute atomic E-state index is 0.0959. The molecule has 1 aliphatic rings. The average molecular weight is 621 g/mol. The molecule has 11 nitrogen and oxygen atoms in total. The molecule has 0 atom stereocenters. The Balaban J connectivity index is 1.29. The second kappa shape index (κ2) is 13.6. The summed E-state index contributed by atoms with van der Waals surface area (Å²) >= 11 is 0. The summed E-state index contributed by atoms with van der Waals surface area (Å²) < 4.78 is 40.9. The lowest BCUT2D eigenvalue weighted by Crippen LogP contribution is -2.40. The summed E-state index contributed by atoms with van der Waals surface area (Å²) in [6.45, 7) is 8.89. The third-order valence-corrected chi connectivity index (χ3v) is 8.37. The van der Waals surface area contributed by atoms with Crippen LogP contribution in [-0.2, 0) is 9.84 Å². The zero-order valence-corrected chi connectivity index (χ0v) is 26.7. The van der Waals surface area contributed by atoms with Crippen molar-refractivity contribution in [3.8, 4) is 34.2 Å². The number of methoxy groups -OCH3 is 1. The van der Waals surface area contributed by atoms with E-state index in [1.165, 1.54) is 6.26 Å². The van der Waals surface area contributed by atoms with Gasteiger partial charge >= 0.3 is 0 Å². The summed E-state index contributed by atoms with van der Waals surface area (Å²) in [6.07, 6.45) is 4.78. The van der Waals surface area contributed by atoms with Crippen LogP contribution in [0, 0.1) is 13.8 Å². The molecule has 0 aliphatic carbocycles. The number of likely N-dealkylation sites (tertiary alicyclic amines) is 1. The summed E-state index contributed by atoms with van der Waals surface area (Å²) in [4.78, 5) is 16.1. The molecule has 44 heavy (non-hydrogen) atoms. The maximum absolute atomic E-state index is 11.5. The van der Waals surface area contributed by atoms with Crippen LogP contribution < -0.4 is 20.1 Å². The van der Waals surface area contributed by atoms with Crippen molar-refractivity contribution in [1.82, 2.24) is 19.9 Å². The highest BCUT2D eigenvalue weighted by atomic mass is 32.2. The van der Waals surface area contributed by atoms with Crippen LogP contribution in [0.4, 0.5) is 17.7 Å². The largest absolute Gasteiger partial charge is 0.497 e. The van der Waals surface area contributed by atoms with Gasteiger partial charge in [0, 0.05) is 49.9 Å². The van der Waals surface area contributed by atoms with E-state index < -0.39 is 9.84 Å². The van der Waals surface area contributed by atoms with Crippen LogP contribution in [-0.4, -0.2) is 79.7 Å². The predicted molar refractivity (Wildman–Crippen MR) is 173 cm³/mol. The summed E-state index contributed by atoms with van der Waals surface area (Å²) in [6, 6.07) is 14.1. The molecule has 1 aliphatic heterocycles. The van der Waals surface area contributed by atoms with Crippen molar-refractivity contribution in [2.75, 3.05) is 55.9 Å². The zero-order valence-electron chi connectivity index (χ0n) is 25.9. The molecule has 0 radical (unpaired) electrons. The number of oxazole rings is 1. The number of hydrogen-bond acceptors (Lipinski definition) is 11. The van der Waals surface area contributed by atoms with Crippen LogP contribution in [0.3, 0.4) is 0 Å². The van der Waals surface area contributed by atoms with Gasteiger partial charge in [-0.1, -0.05) is 0 Å². The van der Waals surface area contributed by atoms with E-state index in [1.54, 1.807) is 19.4 Å². The second-order valence-corrected chi connectivity index (χ2v) is 13.4. The normalized spacial score (nSPS) is 14.4. The minimum atomic E-state index is -2.96. The fourth-order valence-electron chi connectivity index (χ4n) is 5.18. The number of aryl methyl sites for hydroxylation is 2. The first-order chi connectivity index (χ1) is 21.1. The number of nitrogens with one attached hydrogen (secondary N) is 2. The minimum Gasteiger partial charge on any atom is -0.497 e. The molecule has 1 saturated heterocycles. The lowest BCUT2D eigenvalue weighted by Gasteiger charge is -2.32. The number of sulfone groups is 1. The fraction of sp³-hybridized carbons (Fsp3) is 0.406. The van der Waals surface area contributed by atoms with Gasteiger partial charge in [-0.15, -0.1) is 0 Å². The second-order valence-electron chi connectivity index (χ2n) is 11.1. The Morgan fingerprint density at radius 3 is 2.57 bits per heavy atom. The summed E-state index contributed by atoms with van der Waals surface area (Å²) in [5, 5.41) is 6.46. The first-order valence-electron chi connectivity index (χ1n) is 14.8. The summed E-state index contributed by atoms with van der Waals surface area (Å²) in [5.74, 6) is 2.71. The van der Waals surface area contributed by atoms with E-state index in [0.29, 0.717) is 42.2 Å². The number of nitrogens with zero attached hydrogens (tertiary/aromatic N) is 4. The van der Waals surface area contributed by atoms with Crippen molar-refractivity contribution in [1.29, 1.82) is 0 Å². The molecule has 2 N–H and O–H groups in total. The van der Waals surface area contributed by atoms with E-state index in [1.807, 2.05) is 57.2 Å². The number of piperidine rings is 1. The van der Waals surface area contributed by atoms with Crippen LogP contribution in [0.1, 0.15) is 30.9 Å². The van der Waals surface area contributed by atoms with Crippen molar-refractivity contribution in [2.24, 2.45) is 0 Å². The Labute approximate surface area is 259 Å². The SMILES string of the molecule is CCNc1nc(-c2cc(C)cc(OC)c2)c(-c2ccnc(Nc3ccc(OC4CCN(CCS(C)(=O)=O)CC4)c(C)c3)n2)o1. The standard InChI is InChI=1S/C32H40N6O5S/c1-6-33-32-37-29(23-17-21(2)18-26(20-23)41-4)30(43-32)27-9-12-34-31(36-27)35-24-7-8-28(22(3)19-24)42-25-10-13-38(14-11-25)15-16-44(5,39)40/h7-9,12,17-20,25H,6,10-11,13-16H2,1-5H3,(H,33,37)(H,34,35,36). The molecular weight excluding hydrogens is 580 g/mol. The van der Waals surface area contributed by atoms with E-state index in [4.69, 9.17) is 23.9 Å². The average Bonchev–Trinajstić information content (AvgIpc) is 3.42. The van der Waals surface area contributed by atoms with E-state index in [0.717, 1.165) is 59.8 Å². The maximum Gasteiger partial charge on any atom is 0.295 e. The molecule has 12 heteroatoms. The number of ether oxygens (including phenoxy) is 2. The molecular formula is C32H40N6O5S. The van der Waals surface area contributed by atoms with Gasteiger partial charge in [0.1, 0.15) is 38.8 Å². The van der Waals surface area contributed by atoms with Gasteiger partial charge in [0.25, 0.3) is 6.01 Å². The molecule has 0 bridgehead atoms. The van der Waals surface area contributed by atoms with Crippen molar-refractivity contribution in [3.63, 3.8) is 0 Å². The van der Waals surface area contributed by atoms with E-state index in [2.05, 4.69) is 20.5 Å². The molecule has 3 heterocycles. The first-order valence-corrected chi connectivity index (χ1v) is 16.8. The fourth-order valence-corrected chi connectivity index (χ4v) is 5.77. The molecule has 0 saturated carbocycles. The number of benzene rings is 2. The van der Waals surface area contributed by atoms with Crippen molar-refractivity contribution >= 4 is 27.5 Å². The smallest absolute Gasteiger partial charge is 0.295 e. The molecule has 1 fully saturated rings. The molecule has 5 rings (SSSR count). The Kier molecular flexibility index (Phi) is 9.70. The number of rotatable bonds is 12. The topological polar surface area (TPSA) is 132 Å². The summed E-state index contributed by atoms with van der Waals surface area (Å²) in [5.41, 5.74) is 4.98. The first kappa shape index (κ1) is 31.3. The quantitative estimate of drug-likeness (QED) is 0.208. The monoisotopic (exact) mass is 620 g/mol. The molecule has 0 spiro atoms. The Bertz CT molecular complexity index is 1700. The van der Waals surface area contributed by atoms with Gasteiger partial charge in [0.2, 0.25) is 5.95 Å². The van der Waals surface area contributed by atoms with E-state index in [-0.39, 0.29) is 11.9 Å². The van der Waals surface area contributed by atoms with Gasteiger partial charge in [0.15, 0.2) is 5.76 Å². The van der Waals surface area contributed by atoms with Gasteiger partial charge in [-0.05, 0) is 87.2 Å². The van der Waals surface area contributed by atoms with Crippen LogP contribution in [0.25, 0.3) is 22.7 Å². The van der Waals surface area contributed by atoms with Crippen LogP contribution in [0.2, 0.25) is 0 Å². The summed E-state index contributed by atoms with van der Waals surface area (Å²) in [7, 11) is -1.31. The van der Waals surface area contributed by atoms with E-state index >= 15 is 0 Å². The van der Waals surface area contributed by atoms with Gasteiger partial charge < -0.3 is 29.4 Å². The third-order valence-electron chi connectivity index (χ3n) is 7.44. The lowest BCUT2D eigenvalue weighted by atomic mass is 10.1. The van der Waals surface area contributed by atoms with Crippen molar-refractivity contribution < 1.29 is 22.3 Å². The van der Waals surface area contributed by atoms with Crippen LogP contribution in [0.15, 0.2) is 53.1 Å². The molecule has 0 unspecified atom stereocenters. The zero-order chi connectivity index (χ0) is 31.3. The van der Waals surface area contributed by atoms with E-state index in [9.17, 15) is 8.42 Å². The predicted octanol–water partition coefficient (Wildman–Crippen LogP) is 5.49.